The Morgan fingerprint density at radius 3 is 2.50 bits per heavy atom. The van der Waals surface area contributed by atoms with Gasteiger partial charge in [-0.25, -0.2) is 4.98 Å². The zero-order valence-corrected chi connectivity index (χ0v) is 16.8. The highest BCUT2D eigenvalue weighted by Gasteiger charge is 2.42. The third-order valence-electron chi connectivity index (χ3n) is 6.50. The average molecular weight is 404 g/mol. The molecule has 2 bridgehead atoms. The smallest absolute Gasteiger partial charge is 0.225 e. The number of hydrogen-bond acceptors (Lipinski definition) is 4. The van der Waals surface area contributed by atoms with Gasteiger partial charge in [-0.2, -0.15) is 5.10 Å². The van der Waals surface area contributed by atoms with Gasteiger partial charge in [0.25, 0.3) is 0 Å². The van der Waals surface area contributed by atoms with Crippen LogP contribution in [0.1, 0.15) is 44.9 Å². The van der Waals surface area contributed by atoms with Crippen molar-refractivity contribution in [3.8, 4) is 0 Å². The Kier molecular flexibility index (Phi) is 7.74. The van der Waals surface area contributed by atoms with Gasteiger partial charge >= 0.3 is 0 Å². The second-order valence-electron chi connectivity index (χ2n) is 8.11. The SMILES string of the molecule is Cl.Cl.NC1C2CCCC1CC(C(=O)N1CCCC(Cn3cncn3)C1)C2. The van der Waals surface area contributed by atoms with E-state index in [1.54, 1.807) is 12.7 Å². The molecule has 1 saturated heterocycles. The van der Waals surface area contributed by atoms with Gasteiger partial charge in [0.1, 0.15) is 12.7 Å². The summed E-state index contributed by atoms with van der Waals surface area (Å²) in [6, 6.07) is 0.337. The standard InChI is InChI=1S/C18H29N5O.2ClH/c19-17-14-4-1-5-15(17)8-16(7-14)18(24)22-6-2-3-13(9-22)10-23-12-20-11-21-23;;/h11-17H,1-10,19H2;2*1H. The van der Waals surface area contributed by atoms with Crippen LogP contribution in [0, 0.1) is 23.7 Å². The molecule has 0 radical (unpaired) electrons. The van der Waals surface area contributed by atoms with Crippen molar-refractivity contribution in [2.75, 3.05) is 13.1 Å². The lowest BCUT2D eigenvalue weighted by atomic mass is 9.65. The van der Waals surface area contributed by atoms with E-state index in [0.29, 0.717) is 29.7 Å². The van der Waals surface area contributed by atoms with Gasteiger partial charge in [-0.15, -0.1) is 24.8 Å². The molecule has 4 rings (SSSR count). The predicted octanol–water partition coefficient (Wildman–Crippen LogP) is 2.51. The summed E-state index contributed by atoms with van der Waals surface area (Å²) in [6.45, 7) is 2.66. The van der Waals surface area contributed by atoms with E-state index in [2.05, 4.69) is 15.0 Å². The van der Waals surface area contributed by atoms with E-state index in [4.69, 9.17) is 5.73 Å². The predicted molar refractivity (Wildman–Crippen MR) is 105 cm³/mol. The summed E-state index contributed by atoms with van der Waals surface area (Å²) in [5, 5.41) is 4.21. The van der Waals surface area contributed by atoms with Crippen LogP contribution in [0.5, 0.6) is 0 Å². The van der Waals surface area contributed by atoms with Crippen LogP contribution in [0.15, 0.2) is 12.7 Å². The van der Waals surface area contributed by atoms with Crippen molar-refractivity contribution >= 4 is 30.7 Å². The van der Waals surface area contributed by atoms with Crippen molar-refractivity contribution in [3.05, 3.63) is 12.7 Å². The third-order valence-corrected chi connectivity index (χ3v) is 6.50. The molecule has 148 valence electrons. The summed E-state index contributed by atoms with van der Waals surface area (Å²) < 4.78 is 1.89. The molecular formula is C18H31Cl2N5O. The van der Waals surface area contributed by atoms with E-state index in [1.807, 2.05) is 4.68 Å². The number of nitrogens with two attached hydrogens (primary N) is 1. The lowest BCUT2D eigenvalue weighted by molar-refractivity contribution is -0.140. The van der Waals surface area contributed by atoms with E-state index in [-0.39, 0.29) is 30.7 Å². The average Bonchev–Trinajstić information content (AvgIpc) is 3.07. The van der Waals surface area contributed by atoms with E-state index in [9.17, 15) is 4.79 Å². The van der Waals surface area contributed by atoms with E-state index >= 15 is 0 Å². The maximum atomic E-state index is 13.1. The maximum absolute atomic E-state index is 13.1. The Morgan fingerprint density at radius 2 is 1.85 bits per heavy atom. The van der Waals surface area contributed by atoms with Gasteiger partial charge in [0.2, 0.25) is 5.91 Å². The molecule has 8 heteroatoms. The van der Waals surface area contributed by atoms with Crippen molar-refractivity contribution in [1.82, 2.24) is 19.7 Å². The molecule has 3 aliphatic rings. The summed E-state index contributed by atoms with van der Waals surface area (Å²) in [6.07, 6.45) is 11.4. The molecule has 0 aromatic carbocycles. The molecule has 1 aliphatic heterocycles. The van der Waals surface area contributed by atoms with Crippen LogP contribution < -0.4 is 5.73 Å². The normalized spacial score (nSPS) is 33.7. The first-order chi connectivity index (χ1) is 11.7. The number of nitrogens with zero attached hydrogens (tertiary/aromatic N) is 4. The van der Waals surface area contributed by atoms with Gasteiger partial charge in [-0.3, -0.25) is 9.48 Å². The lowest BCUT2D eigenvalue weighted by Crippen LogP contribution is -2.51. The maximum Gasteiger partial charge on any atom is 0.225 e. The van der Waals surface area contributed by atoms with E-state index < -0.39 is 0 Å². The van der Waals surface area contributed by atoms with Gasteiger partial charge in [-0.1, -0.05) is 6.42 Å². The minimum atomic E-state index is 0. The molecule has 6 nitrogen and oxygen atoms in total. The minimum absolute atomic E-state index is 0. The molecule has 3 fully saturated rings. The molecule has 26 heavy (non-hydrogen) atoms. The Labute approximate surface area is 168 Å². The number of halogens is 2. The summed E-state index contributed by atoms with van der Waals surface area (Å²) in [5.41, 5.74) is 6.38. The van der Waals surface area contributed by atoms with Crippen molar-refractivity contribution in [3.63, 3.8) is 0 Å². The first-order valence-corrected chi connectivity index (χ1v) is 9.57. The van der Waals surface area contributed by atoms with Crippen molar-refractivity contribution in [1.29, 1.82) is 0 Å². The number of aromatic nitrogens is 3. The number of hydrogen-bond donors (Lipinski definition) is 1. The molecule has 2 aliphatic carbocycles. The fourth-order valence-electron chi connectivity index (χ4n) is 5.25. The number of amides is 1. The number of carbonyl (C=O) groups is 1. The summed E-state index contributed by atoms with van der Waals surface area (Å²) >= 11 is 0. The Morgan fingerprint density at radius 1 is 1.12 bits per heavy atom. The zero-order valence-electron chi connectivity index (χ0n) is 15.2. The minimum Gasteiger partial charge on any atom is -0.342 e. The number of rotatable bonds is 3. The Hall–Kier alpha value is -0.850. The summed E-state index contributed by atoms with van der Waals surface area (Å²) in [7, 11) is 0. The Bertz CT molecular complexity index is 556. The second kappa shape index (κ2) is 9.38. The number of fused-ring (bicyclic) bond motifs is 2. The van der Waals surface area contributed by atoms with Crippen LogP contribution in [-0.2, 0) is 11.3 Å². The van der Waals surface area contributed by atoms with E-state index in [0.717, 1.165) is 38.9 Å². The molecule has 3 atom stereocenters. The molecule has 2 saturated carbocycles. The fourth-order valence-corrected chi connectivity index (χ4v) is 5.25. The monoisotopic (exact) mass is 403 g/mol. The molecule has 1 aromatic heterocycles. The highest BCUT2D eigenvalue weighted by atomic mass is 35.5. The number of piperidine rings is 1. The van der Waals surface area contributed by atoms with Crippen molar-refractivity contribution in [2.24, 2.45) is 29.4 Å². The fraction of sp³-hybridized carbons (Fsp3) is 0.833. The van der Waals surface area contributed by atoms with Crippen LogP contribution in [0.4, 0.5) is 0 Å². The van der Waals surface area contributed by atoms with Crippen molar-refractivity contribution in [2.45, 2.75) is 57.5 Å². The Balaban J connectivity index is 0.00000121. The van der Waals surface area contributed by atoms with Gasteiger partial charge in [0.15, 0.2) is 0 Å². The number of carbonyl (C=O) groups excluding carboxylic acids is 1. The number of likely N-dealkylation sites (tertiary alicyclic amines) is 1. The largest absolute Gasteiger partial charge is 0.342 e. The quantitative estimate of drug-likeness (QED) is 0.840. The second-order valence-corrected chi connectivity index (χ2v) is 8.11. The highest BCUT2D eigenvalue weighted by molar-refractivity contribution is 5.85. The lowest BCUT2D eigenvalue weighted by Gasteiger charge is -2.45. The zero-order chi connectivity index (χ0) is 16.5. The molecule has 2 N–H and O–H groups in total. The van der Waals surface area contributed by atoms with Gasteiger partial charge in [-0.05, 0) is 56.3 Å². The molecule has 1 amide bonds. The van der Waals surface area contributed by atoms with Crippen LogP contribution in [-0.4, -0.2) is 44.7 Å². The van der Waals surface area contributed by atoms with Crippen LogP contribution in [0.2, 0.25) is 0 Å². The van der Waals surface area contributed by atoms with Crippen molar-refractivity contribution < 1.29 is 4.79 Å². The van der Waals surface area contributed by atoms with Gasteiger partial charge < -0.3 is 10.6 Å². The molecule has 2 heterocycles. The molecule has 3 unspecified atom stereocenters. The van der Waals surface area contributed by atoms with Gasteiger partial charge in [0.05, 0.1) is 0 Å². The first kappa shape index (κ1) is 21.5. The van der Waals surface area contributed by atoms with E-state index in [1.165, 1.54) is 25.7 Å². The molecule has 1 aromatic rings. The van der Waals surface area contributed by atoms with Gasteiger partial charge in [0, 0.05) is 31.6 Å². The van der Waals surface area contributed by atoms with Crippen LogP contribution in [0.25, 0.3) is 0 Å². The molecule has 0 spiro atoms. The molecular weight excluding hydrogens is 373 g/mol. The van der Waals surface area contributed by atoms with Crippen LogP contribution in [0.3, 0.4) is 0 Å². The third kappa shape index (κ3) is 4.52. The first-order valence-electron chi connectivity index (χ1n) is 9.57. The van der Waals surface area contributed by atoms with Crippen LogP contribution >= 0.6 is 24.8 Å². The topological polar surface area (TPSA) is 77.0 Å². The summed E-state index contributed by atoms with van der Waals surface area (Å²) in [4.78, 5) is 19.2. The summed E-state index contributed by atoms with van der Waals surface area (Å²) in [5.74, 6) is 2.24. The highest BCUT2D eigenvalue weighted by Crippen LogP contribution is 2.42.